The third kappa shape index (κ3) is 5.07. The fraction of sp³-hybridized carbons (Fsp3) is 0.500. The van der Waals surface area contributed by atoms with Crippen molar-refractivity contribution in [2.75, 3.05) is 13.6 Å². The number of amides is 1. The number of rotatable bonds is 6. The summed E-state index contributed by atoms with van der Waals surface area (Å²) in [6.45, 7) is 4.75. The molecule has 0 saturated heterocycles. The van der Waals surface area contributed by atoms with Crippen molar-refractivity contribution in [2.24, 2.45) is 0 Å². The van der Waals surface area contributed by atoms with Gasteiger partial charge in [0.2, 0.25) is 5.91 Å². The van der Waals surface area contributed by atoms with Crippen molar-refractivity contribution in [2.45, 2.75) is 32.2 Å². The largest absolute Gasteiger partial charge is 0.354 e. The highest BCUT2D eigenvalue weighted by molar-refractivity contribution is 5.85. The van der Waals surface area contributed by atoms with E-state index in [2.05, 4.69) is 10.6 Å². The summed E-state index contributed by atoms with van der Waals surface area (Å²) in [6.07, 6.45) is 0.823. The molecular weight excluding hydrogens is 248 g/mol. The molecule has 1 rings (SSSR count). The van der Waals surface area contributed by atoms with Crippen LogP contribution in [0.4, 0.5) is 0 Å². The van der Waals surface area contributed by atoms with Gasteiger partial charge in [-0.1, -0.05) is 37.3 Å². The van der Waals surface area contributed by atoms with Gasteiger partial charge in [0.05, 0.1) is 5.92 Å². The first-order chi connectivity index (χ1) is 8.19. The highest BCUT2D eigenvalue weighted by Crippen LogP contribution is 2.18. The molecule has 0 aliphatic rings. The number of hydrogen-bond donors (Lipinski definition) is 2. The summed E-state index contributed by atoms with van der Waals surface area (Å²) in [7, 11) is 1.89. The van der Waals surface area contributed by atoms with Crippen molar-refractivity contribution < 1.29 is 4.79 Å². The van der Waals surface area contributed by atoms with Crippen molar-refractivity contribution >= 4 is 18.3 Å². The van der Waals surface area contributed by atoms with Crippen LogP contribution < -0.4 is 10.6 Å². The number of benzene rings is 1. The minimum Gasteiger partial charge on any atom is -0.354 e. The standard InChI is InChI=1S/C14H22N2O.ClH/c1-4-13(12-8-6-5-7-9-12)14(17)16-10-11(2)15-3;/h5-9,11,13,15H,4,10H2,1-3H3,(H,16,17);1H. The molecule has 2 N–H and O–H groups in total. The molecular formula is C14H23ClN2O. The zero-order chi connectivity index (χ0) is 12.7. The van der Waals surface area contributed by atoms with Crippen LogP contribution in [0.25, 0.3) is 0 Å². The van der Waals surface area contributed by atoms with E-state index in [1.54, 1.807) is 0 Å². The first kappa shape index (κ1) is 16.9. The van der Waals surface area contributed by atoms with Crippen molar-refractivity contribution in [3.8, 4) is 0 Å². The Morgan fingerprint density at radius 1 is 1.28 bits per heavy atom. The topological polar surface area (TPSA) is 41.1 Å². The Labute approximate surface area is 116 Å². The molecule has 0 bridgehead atoms. The molecule has 0 aliphatic carbocycles. The van der Waals surface area contributed by atoms with E-state index in [0.29, 0.717) is 12.6 Å². The van der Waals surface area contributed by atoms with Crippen LogP contribution in [0, 0.1) is 0 Å². The number of likely N-dealkylation sites (N-methyl/N-ethyl adjacent to an activating group) is 1. The highest BCUT2D eigenvalue weighted by Gasteiger charge is 2.18. The second-order valence-electron chi connectivity index (χ2n) is 4.31. The molecule has 0 radical (unpaired) electrons. The second-order valence-corrected chi connectivity index (χ2v) is 4.31. The van der Waals surface area contributed by atoms with Gasteiger partial charge in [-0.3, -0.25) is 4.79 Å². The van der Waals surface area contributed by atoms with E-state index in [1.807, 2.05) is 51.2 Å². The van der Waals surface area contributed by atoms with Crippen LogP contribution in [0.5, 0.6) is 0 Å². The number of nitrogens with one attached hydrogen (secondary N) is 2. The van der Waals surface area contributed by atoms with Crippen molar-refractivity contribution in [3.05, 3.63) is 35.9 Å². The number of carbonyl (C=O) groups is 1. The summed E-state index contributed by atoms with van der Waals surface area (Å²) in [5.74, 6) is 0.0704. The molecule has 0 aromatic heterocycles. The fourth-order valence-corrected chi connectivity index (χ4v) is 1.74. The molecule has 0 fully saturated rings. The maximum atomic E-state index is 12.1. The summed E-state index contributed by atoms with van der Waals surface area (Å²) in [6, 6.07) is 10.2. The lowest BCUT2D eigenvalue weighted by molar-refractivity contribution is -0.122. The van der Waals surface area contributed by atoms with Crippen LogP contribution in [0.2, 0.25) is 0 Å². The summed E-state index contributed by atoms with van der Waals surface area (Å²) in [5, 5.41) is 6.08. The van der Waals surface area contributed by atoms with Crippen molar-refractivity contribution in [1.82, 2.24) is 10.6 Å². The lowest BCUT2D eigenvalue weighted by Gasteiger charge is -2.17. The molecule has 3 nitrogen and oxygen atoms in total. The van der Waals surface area contributed by atoms with Crippen LogP contribution in [-0.2, 0) is 4.79 Å². The Hall–Kier alpha value is -1.06. The Kier molecular flexibility index (Phi) is 8.42. The van der Waals surface area contributed by atoms with Gasteiger partial charge in [-0.2, -0.15) is 0 Å². The quantitative estimate of drug-likeness (QED) is 0.833. The summed E-state index contributed by atoms with van der Waals surface area (Å²) in [5.41, 5.74) is 1.09. The lowest BCUT2D eigenvalue weighted by Crippen LogP contribution is -2.39. The molecule has 4 heteroatoms. The normalized spacial score (nSPS) is 13.3. The maximum Gasteiger partial charge on any atom is 0.227 e. The van der Waals surface area contributed by atoms with E-state index in [1.165, 1.54) is 0 Å². The summed E-state index contributed by atoms with van der Waals surface area (Å²) in [4.78, 5) is 12.1. The first-order valence-electron chi connectivity index (χ1n) is 6.19. The zero-order valence-electron chi connectivity index (χ0n) is 11.3. The van der Waals surface area contributed by atoms with Crippen LogP contribution in [0.1, 0.15) is 31.7 Å². The van der Waals surface area contributed by atoms with E-state index in [4.69, 9.17) is 0 Å². The average molecular weight is 271 g/mol. The number of carbonyl (C=O) groups excluding carboxylic acids is 1. The van der Waals surface area contributed by atoms with Crippen LogP contribution >= 0.6 is 12.4 Å². The van der Waals surface area contributed by atoms with E-state index in [-0.39, 0.29) is 24.2 Å². The average Bonchev–Trinajstić information content (AvgIpc) is 2.38. The van der Waals surface area contributed by atoms with Gasteiger partial charge in [0.25, 0.3) is 0 Å². The lowest BCUT2D eigenvalue weighted by atomic mass is 9.95. The molecule has 2 atom stereocenters. The molecule has 2 unspecified atom stereocenters. The molecule has 0 heterocycles. The van der Waals surface area contributed by atoms with Crippen LogP contribution in [-0.4, -0.2) is 25.5 Å². The van der Waals surface area contributed by atoms with E-state index >= 15 is 0 Å². The molecule has 0 spiro atoms. The predicted molar refractivity (Wildman–Crippen MR) is 78.3 cm³/mol. The molecule has 1 amide bonds. The van der Waals surface area contributed by atoms with Gasteiger partial charge >= 0.3 is 0 Å². The van der Waals surface area contributed by atoms with Gasteiger partial charge in [-0.25, -0.2) is 0 Å². The molecule has 1 aromatic carbocycles. The fourth-order valence-electron chi connectivity index (χ4n) is 1.74. The van der Waals surface area contributed by atoms with Crippen molar-refractivity contribution in [1.29, 1.82) is 0 Å². The minimum atomic E-state index is -0.0414. The molecule has 0 aliphatic heterocycles. The minimum absolute atomic E-state index is 0. The number of halogens is 1. The SMILES string of the molecule is CCC(C(=O)NCC(C)NC)c1ccccc1.Cl. The van der Waals surface area contributed by atoms with Gasteiger partial charge in [0.15, 0.2) is 0 Å². The number of hydrogen-bond acceptors (Lipinski definition) is 2. The summed E-state index contributed by atoms with van der Waals surface area (Å²) < 4.78 is 0. The van der Waals surface area contributed by atoms with Gasteiger partial charge in [0, 0.05) is 12.6 Å². The Morgan fingerprint density at radius 2 is 1.89 bits per heavy atom. The first-order valence-corrected chi connectivity index (χ1v) is 6.19. The Bertz CT molecular complexity index is 343. The Morgan fingerprint density at radius 3 is 2.39 bits per heavy atom. The molecule has 0 saturated carbocycles. The monoisotopic (exact) mass is 270 g/mol. The Balaban J connectivity index is 0.00000289. The summed E-state index contributed by atoms with van der Waals surface area (Å²) >= 11 is 0. The smallest absolute Gasteiger partial charge is 0.227 e. The van der Waals surface area contributed by atoms with Crippen LogP contribution in [0.15, 0.2) is 30.3 Å². The third-order valence-corrected chi connectivity index (χ3v) is 3.00. The molecule has 18 heavy (non-hydrogen) atoms. The van der Waals surface area contributed by atoms with Gasteiger partial charge in [0.1, 0.15) is 0 Å². The predicted octanol–water partition coefficient (Wildman–Crippen LogP) is 2.33. The van der Waals surface area contributed by atoms with Gasteiger partial charge in [-0.15, -0.1) is 12.4 Å². The van der Waals surface area contributed by atoms with E-state index < -0.39 is 0 Å². The maximum absolute atomic E-state index is 12.1. The van der Waals surface area contributed by atoms with Gasteiger partial charge < -0.3 is 10.6 Å². The van der Waals surface area contributed by atoms with E-state index in [9.17, 15) is 4.79 Å². The van der Waals surface area contributed by atoms with Crippen molar-refractivity contribution in [3.63, 3.8) is 0 Å². The highest BCUT2D eigenvalue weighted by atomic mass is 35.5. The molecule has 102 valence electrons. The second kappa shape index (κ2) is 8.95. The zero-order valence-corrected chi connectivity index (χ0v) is 12.1. The third-order valence-electron chi connectivity index (χ3n) is 3.00. The van der Waals surface area contributed by atoms with Gasteiger partial charge in [-0.05, 0) is 26.0 Å². The van der Waals surface area contributed by atoms with E-state index in [0.717, 1.165) is 12.0 Å². The molecule has 1 aromatic rings. The van der Waals surface area contributed by atoms with Crippen LogP contribution in [0.3, 0.4) is 0 Å².